The molecule has 5 heteroatoms. The van der Waals surface area contributed by atoms with Gasteiger partial charge in [-0.15, -0.1) is 0 Å². The predicted octanol–water partition coefficient (Wildman–Crippen LogP) is 5.55. The van der Waals surface area contributed by atoms with Crippen LogP contribution in [0.5, 0.6) is 0 Å². The van der Waals surface area contributed by atoms with Crippen LogP contribution in [0.1, 0.15) is 95.6 Å². The van der Waals surface area contributed by atoms with E-state index in [2.05, 4.69) is 0 Å². The van der Waals surface area contributed by atoms with E-state index in [-0.39, 0.29) is 41.1 Å². The first-order valence-corrected chi connectivity index (χ1v) is 10.5. The molecule has 158 valence electrons. The Kier molecular flexibility index (Phi) is 6.11. The first-order chi connectivity index (χ1) is 14.1. The summed E-state index contributed by atoms with van der Waals surface area (Å²) in [6.07, 6.45) is 0. The van der Waals surface area contributed by atoms with Gasteiger partial charge in [0.05, 0.1) is 29.0 Å². The molecule has 0 N–H and O–H groups in total. The van der Waals surface area contributed by atoms with E-state index in [1.807, 2.05) is 59.7 Å². The minimum absolute atomic E-state index is 0.124. The largest absolute Gasteiger partial charge is 0.462 e. The third kappa shape index (κ3) is 3.76. The van der Waals surface area contributed by atoms with E-state index >= 15 is 0 Å². The van der Waals surface area contributed by atoms with Crippen molar-refractivity contribution in [3.8, 4) is 0 Å². The first kappa shape index (κ1) is 21.8. The van der Waals surface area contributed by atoms with E-state index in [4.69, 9.17) is 4.74 Å². The summed E-state index contributed by atoms with van der Waals surface area (Å²) in [5.74, 6) is -1.03. The molecule has 0 saturated heterocycles. The molecule has 0 saturated carbocycles. The minimum Gasteiger partial charge on any atom is -0.462 e. The molecule has 0 aromatic heterocycles. The van der Waals surface area contributed by atoms with Crippen molar-refractivity contribution < 1.29 is 19.1 Å². The number of ether oxygens (including phenoxy) is 1. The maximum Gasteiger partial charge on any atom is 0.338 e. The molecule has 0 radical (unpaired) electrons. The monoisotopic (exact) mass is 407 g/mol. The SMILES string of the molecule is CC(C)COC(=O)c1cccc2c1C(=O)N(c1c(C(C)C)cccc1C(C)C)C2=O. The number of rotatable bonds is 6. The lowest BCUT2D eigenvalue weighted by molar-refractivity contribution is 0.0456. The van der Waals surface area contributed by atoms with Gasteiger partial charge in [0.1, 0.15) is 0 Å². The van der Waals surface area contributed by atoms with Gasteiger partial charge in [-0.3, -0.25) is 9.59 Å². The maximum atomic E-state index is 13.5. The highest BCUT2D eigenvalue weighted by Gasteiger charge is 2.42. The standard InChI is InChI=1S/C25H29NO4/c1-14(2)13-30-25(29)20-12-8-11-19-21(20)24(28)26(23(19)27)22-17(15(3)4)9-7-10-18(22)16(5)6/h7-12,14-16H,13H2,1-6H3. The number of amides is 2. The molecule has 0 spiro atoms. The fourth-order valence-electron chi connectivity index (χ4n) is 3.75. The van der Waals surface area contributed by atoms with Crippen LogP contribution in [0.4, 0.5) is 5.69 Å². The lowest BCUT2D eigenvalue weighted by Gasteiger charge is -2.25. The number of benzene rings is 2. The molecule has 3 rings (SSSR count). The number of para-hydroxylation sites is 1. The van der Waals surface area contributed by atoms with Gasteiger partial charge in [0.25, 0.3) is 11.8 Å². The minimum atomic E-state index is -0.579. The Bertz CT molecular complexity index is 978. The van der Waals surface area contributed by atoms with Crippen LogP contribution in [-0.4, -0.2) is 24.4 Å². The summed E-state index contributed by atoms with van der Waals surface area (Å²) in [4.78, 5) is 40.8. The number of esters is 1. The van der Waals surface area contributed by atoms with Crippen LogP contribution < -0.4 is 4.90 Å². The summed E-state index contributed by atoms with van der Waals surface area (Å²) in [7, 11) is 0. The first-order valence-electron chi connectivity index (χ1n) is 10.5. The fourth-order valence-corrected chi connectivity index (χ4v) is 3.75. The molecule has 30 heavy (non-hydrogen) atoms. The molecule has 0 unspecified atom stereocenters. The molecule has 0 bridgehead atoms. The van der Waals surface area contributed by atoms with Crippen molar-refractivity contribution in [2.75, 3.05) is 11.5 Å². The number of hydrogen-bond donors (Lipinski definition) is 0. The second-order valence-electron chi connectivity index (χ2n) is 8.76. The highest BCUT2D eigenvalue weighted by Crippen LogP contribution is 2.40. The predicted molar refractivity (Wildman–Crippen MR) is 117 cm³/mol. The zero-order valence-corrected chi connectivity index (χ0v) is 18.5. The number of imide groups is 1. The van der Waals surface area contributed by atoms with Gasteiger partial charge in [-0.25, -0.2) is 9.69 Å². The third-order valence-corrected chi connectivity index (χ3v) is 5.25. The number of nitrogens with zero attached hydrogens (tertiary/aromatic N) is 1. The lowest BCUT2D eigenvalue weighted by Crippen LogP contribution is -2.32. The van der Waals surface area contributed by atoms with Crippen molar-refractivity contribution in [3.63, 3.8) is 0 Å². The molecule has 5 nitrogen and oxygen atoms in total. The summed E-state index contributed by atoms with van der Waals surface area (Å²) >= 11 is 0. The molecule has 0 aliphatic carbocycles. The normalized spacial score (nSPS) is 13.6. The number of hydrogen-bond acceptors (Lipinski definition) is 4. The lowest BCUT2D eigenvalue weighted by atomic mass is 9.92. The highest BCUT2D eigenvalue weighted by molar-refractivity contribution is 6.36. The zero-order chi connectivity index (χ0) is 22.2. The Morgan fingerprint density at radius 1 is 0.867 bits per heavy atom. The Morgan fingerprint density at radius 2 is 1.43 bits per heavy atom. The Hall–Kier alpha value is -2.95. The molecule has 1 aliphatic heterocycles. The van der Waals surface area contributed by atoms with E-state index in [0.29, 0.717) is 5.69 Å². The molecule has 0 atom stereocenters. The second-order valence-corrected chi connectivity index (χ2v) is 8.76. The number of fused-ring (bicyclic) bond motifs is 1. The van der Waals surface area contributed by atoms with Crippen molar-refractivity contribution in [2.24, 2.45) is 5.92 Å². The van der Waals surface area contributed by atoms with E-state index < -0.39 is 17.8 Å². The van der Waals surface area contributed by atoms with Gasteiger partial charge in [0.15, 0.2) is 0 Å². The fraction of sp³-hybridized carbons (Fsp3) is 0.400. The Balaban J connectivity index is 2.14. The second kappa shape index (κ2) is 8.42. The highest BCUT2D eigenvalue weighted by atomic mass is 16.5. The van der Waals surface area contributed by atoms with Gasteiger partial charge < -0.3 is 4.74 Å². The average Bonchev–Trinajstić information content (AvgIpc) is 2.95. The van der Waals surface area contributed by atoms with Crippen molar-refractivity contribution in [1.82, 2.24) is 0 Å². The zero-order valence-electron chi connectivity index (χ0n) is 18.5. The number of carbonyl (C=O) groups is 3. The summed E-state index contributed by atoms with van der Waals surface area (Å²) in [6.45, 7) is 12.3. The van der Waals surface area contributed by atoms with E-state index in [9.17, 15) is 14.4 Å². The van der Waals surface area contributed by atoms with Crippen LogP contribution in [0.3, 0.4) is 0 Å². The number of carbonyl (C=O) groups excluding carboxylic acids is 3. The van der Waals surface area contributed by atoms with Crippen LogP contribution in [0.25, 0.3) is 0 Å². The van der Waals surface area contributed by atoms with Crippen molar-refractivity contribution >= 4 is 23.5 Å². The van der Waals surface area contributed by atoms with Crippen molar-refractivity contribution in [1.29, 1.82) is 0 Å². The van der Waals surface area contributed by atoms with Crippen LogP contribution in [0.2, 0.25) is 0 Å². The molecule has 2 aromatic carbocycles. The Labute approximate surface area is 178 Å². The van der Waals surface area contributed by atoms with Gasteiger partial charge in [-0.05, 0) is 41.0 Å². The van der Waals surface area contributed by atoms with Gasteiger partial charge >= 0.3 is 5.97 Å². The topological polar surface area (TPSA) is 63.7 Å². The van der Waals surface area contributed by atoms with Gasteiger partial charge in [0, 0.05) is 0 Å². The van der Waals surface area contributed by atoms with E-state index in [1.54, 1.807) is 18.2 Å². The van der Waals surface area contributed by atoms with E-state index in [1.165, 1.54) is 4.90 Å². The van der Waals surface area contributed by atoms with Crippen molar-refractivity contribution in [2.45, 2.75) is 53.4 Å². The smallest absolute Gasteiger partial charge is 0.338 e. The van der Waals surface area contributed by atoms with Gasteiger partial charge in [0.2, 0.25) is 0 Å². The summed E-state index contributed by atoms with van der Waals surface area (Å²) in [6, 6.07) is 10.6. The van der Waals surface area contributed by atoms with Crippen LogP contribution in [-0.2, 0) is 4.74 Å². The number of anilines is 1. The summed E-state index contributed by atoms with van der Waals surface area (Å²) < 4.78 is 5.34. The van der Waals surface area contributed by atoms with E-state index in [0.717, 1.165) is 11.1 Å². The molecular formula is C25H29NO4. The average molecular weight is 408 g/mol. The molecule has 0 fully saturated rings. The van der Waals surface area contributed by atoms with Crippen LogP contribution >= 0.6 is 0 Å². The maximum absolute atomic E-state index is 13.5. The third-order valence-electron chi connectivity index (χ3n) is 5.25. The summed E-state index contributed by atoms with van der Waals surface area (Å²) in [5.41, 5.74) is 3.01. The van der Waals surface area contributed by atoms with Crippen LogP contribution in [0, 0.1) is 5.92 Å². The van der Waals surface area contributed by atoms with Gasteiger partial charge in [-0.1, -0.05) is 65.8 Å². The molecule has 2 aromatic rings. The molecular weight excluding hydrogens is 378 g/mol. The van der Waals surface area contributed by atoms with Crippen molar-refractivity contribution in [3.05, 3.63) is 64.2 Å². The molecule has 1 aliphatic rings. The quantitative estimate of drug-likeness (QED) is 0.465. The molecule has 2 amide bonds. The van der Waals surface area contributed by atoms with Gasteiger partial charge in [-0.2, -0.15) is 0 Å². The summed E-state index contributed by atoms with van der Waals surface area (Å²) in [5, 5.41) is 0. The Morgan fingerprint density at radius 3 is 1.97 bits per heavy atom. The molecule has 1 heterocycles. The van der Waals surface area contributed by atoms with Crippen LogP contribution in [0.15, 0.2) is 36.4 Å².